The van der Waals surface area contributed by atoms with Gasteiger partial charge in [-0.05, 0) is 24.3 Å². The SMILES string of the molecule is COCCNC(=O)[C@H]1CSCN1C(=O)Nc1ccc(F)cc1. The number of urea groups is 1. The van der Waals surface area contributed by atoms with Crippen molar-refractivity contribution in [2.45, 2.75) is 6.04 Å². The Morgan fingerprint density at radius 2 is 2.14 bits per heavy atom. The molecule has 1 fully saturated rings. The number of carbonyl (C=O) groups is 2. The molecule has 0 radical (unpaired) electrons. The van der Waals surface area contributed by atoms with Crippen molar-refractivity contribution in [1.29, 1.82) is 0 Å². The van der Waals surface area contributed by atoms with Crippen molar-refractivity contribution in [1.82, 2.24) is 10.2 Å². The molecule has 1 aliphatic heterocycles. The Morgan fingerprint density at radius 3 is 2.82 bits per heavy atom. The number of nitrogens with zero attached hydrogens (tertiary/aromatic N) is 1. The minimum Gasteiger partial charge on any atom is -0.383 e. The molecule has 8 heteroatoms. The van der Waals surface area contributed by atoms with Crippen molar-refractivity contribution in [2.75, 3.05) is 37.2 Å². The first-order valence-electron chi connectivity index (χ1n) is 6.79. The van der Waals surface area contributed by atoms with E-state index < -0.39 is 6.04 Å². The number of nitrogens with one attached hydrogen (secondary N) is 2. The van der Waals surface area contributed by atoms with Gasteiger partial charge in [0.15, 0.2) is 0 Å². The lowest BCUT2D eigenvalue weighted by Crippen LogP contribution is -2.49. The number of methoxy groups -OCH3 is 1. The number of rotatable bonds is 5. The fraction of sp³-hybridized carbons (Fsp3) is 0.429. The number of hydrogen-bond donors (Lipinski definition) is 2. The molecule has 2 rings (SSSR count). The Bertz CT molecular complexity index is 527. The van der Waals surface area contributed by atoms with Gasteiger partial charge < -0.3 is 20.3 Å². The monoisotopic (exact) mass is 327 g/mol. The first-order chi connectivity index (χ1) is 10.6. The number of thioether (sulfide) groups is 1. The molecular formula is C14H18FN3O3S. The molecule has 1 atom stereocenters. The summed E-state index contributed by atoms with van der Waals surface area (Å²) in [5.41, 5.74) is 0.488. The van der Waals surface area contributed by atoms with Gasteiger partial charge >= 0.3 is 6.03 Å². The predicted octanol–water partition coefficient (Wildman–Crippen LogP) is 1.50. The van der Waals surface area contributed by atoms with Crippen molar-refractivity contribution in [3.05, 3.63) is 30.1 Å². The summed E-state index contributed by atoms with van der Waals surface area (Å²) in [6.45, 7) is 0.831. The smallest absolute Gasteiger partial charge is 0.323 e. The van der Waals surface area contributed by atoms with Crippen LogP contribution in [0.15, 0.2) is 24.3 Å². The summed E-state index contributed by atoms with van der Waals surface area (Å²) < 4.78 is 17.7. The third kappa shape index (κ3) is 4.35. The van der Waals surface area contributed by atoms with E-state index >= 15 is 0 Å². The van der Waals surface area contributed by atoms with Crippen LogP contribution < -0.4 is 10.6 Å². The zero-order valence-corrected chi connectivity index (χ0v) is 13.0. The van der Waals surface area contributed by atoms with Crippen LogP contribution in [0.1, 0.15) is 0 Å². The Morgan fingerprint density at radius 1 is 1.41 bits per heavy atom. The third-order valence-corrected chi connectivity index (χ3v) is 4.16. The van der Waals surface area contributed by atoms with E-state index in [1.165, 1.54) is 40.9 Å². The van der Waals surface area contributed by atoms with Gasteiger partial charge in [-0.3, -0.25) is 4.79 Å². The number of carbonyl (C=O) groups excluding carboxylic acids is 2. The molecule has 1 aromatic carbocycles. The normalized spacial score (nSPS) is 17.4. The van der Waals surface area contributed by atoms with Crippen LogP contribution in [-0.2, 0) is 9.53 Å². The standard InChI is InChI=1S/C14H18FN3O3S/c1-21-7-6-16-13(19)12-8-22-9-18(12)14(20)17-11-4-2-10(15)3-5-11/h2-5,12H,6-9H2,1H3,(H,16,19)(H,17,20)/t12-/m1/s1. The summed E-state index contributed by atoms with van der Waals surface area (Å²) in [5.74, 6) is 0.423. The number of hydrogen-bond acceptors (Lipinski definition) is 4. The highest BCUT2D eigenvalue weighted by atomic mass is 32.2. The van der Waals surface area contributed by atoms with Crippen LogP contribution in [0.25, 0.3) is 0 Å². The van der Waals surface area contributed by atoms with E-state index in [0.29, 0.717) is 30.5 Å². The molecule has 6 nitrogen and oxygen atoms in total. The quantitative estimate of drug-likeness (QED) is 0.804. The molecule has 120 valence electrons. The Balaban J connectivity index is 1.92. The Hall–Kier alpha value is -1.80. The second-order valence-electron chi connectivity index (χ2n) is 4.71. The molecule has 0 spiro atoms. The van der Waals surface area contributed by atoms with Gasteiger partial charge in [-0.25, -0.2) is 9.18 Å². The van der Waals surface area contributed by atoms with E-state index in [2.05, 4.69) is 10.6 Å². The number of halogens is 1. The first kappa shape index (κ1) is 16.6. The topological polar surface area (TPSA) is 70.7 Å². The average Bonchev–Trinajstić information content (AvgIpc) is 2.99. The van der Waals surface area contributed by atoms with Gasteiger partial charge in [0.1, 0.15) is 11.9 Å². The lowest BCUT2D eigenvalue weighted by Gasteiger charge is -2.23. The number of benzene rings is 1. The van der Waals surface area contributed by atoms with Crippen LogP contribution >= 0.6 is 11.8 Å². The summed E-state index contributed by atoms with van der Waals surface area (Å²) >= 11 is 1.51. The van der Waals surface area contributed by atoms with Crippen LogP contribution in [0.2, 0.25) is 0 Å². The minimum atomic E-state index is -0.512. The first-order valence-corrected chi connectivity index (χ1v) is 7.95. The molecule has 0 bridgehead atoms. The summed E-state index contributed by atoms with van der Waals surface area (Å²) in [6, 6.07) is 4.60. The molecule has 0 unspecified atom stereocenters. The molecule has 3 amide bonds. The lowest BCUT2D eigenvalue weighted by molar-refractivity contribution is -0.124. The average molecular weight is 327 g/mol. The second kappa shape index (κ2) is 8.00. The summed E-state index contributed by atoms with van der Waals surface area (Å²) in [4.78, 5) is 25.8. The van der Waals surface area contributed by atoms with E-state index in [1.807, 2.05) is 0 Å². The molecular weight excluding hydrogens is 309 g/mol. The van der Waals surface area contributed by atoms with Crippen LogP contribution in [0.5, 0.6) is 0 Å². The molecule has 22 heavy (non-hydrogen) atoms. The van der Waals surface area contributed by atoms with Gasteiger partial charge in [-0.15, -0.1) is 11.8 Å². The van der Waals surface area contributed by atoms with Crippen LogP contribution in [0, 0.1) is 5.82 Å². The highest BCUT2D eigenvalue weighted by Gasteiger charge is 2.34. The number of ether oxygens (including phenoxy) is 1. The van der Waals surface area contributed by atoms with Gasteiger partial charge in [-0.1, -0.05) is 0 Å². The van der Waals surface area contributed by atoms with Gasteiger partial charge in [0.25, 0.3) is 0 Å². The summed E-state index contributed by atoms with van der Waals surface area (Å²) in [5, 5.41) is 5.40. The Labute approximate surface area is 132 Å². The van der Waals surface area contributed by atoms with Gasteiger partial charge in [0.05, 0.1) is 12.5 Å². The van der Waals surface area contributed by atoms with Crippen LogP contribution in [-0.4, -0.2) is 54.8 Å². The van der Waals surface area contributed by atoms with E-state index in [-0.39, 0.29) is 17.8 Å². The van der Waals surface area contributed by atoms with Crippen molar-refractivity contribution < 1.29 is 18.7 Å². The van der Waals surface area contributed by atoms with Crippen LogP contribution in [0.3, 0.4) is 0 Å². The van der Waals surface area contributed by atoms with Crippen LogP contribution in [0.4, 0.5) is 14.9 Å². The van der Waals surface area contributed by atoms with Gasteiger partial charge in [0, 0.05) is 25.1 Å². The predicted molar refractivity (Wildman–Crippen MR) is 83.3 cm³/mol. The Kier molecular flexibility index (Phi) is 6.02. The molecule has 1 aliphatic rings. The zero-order valence-electron chi connectivity index (χ0n) is 12.2. The number of amides is 3. The highest BCUT2D eigenvalue weighted by Crippen LogP contribution is 2.22. The fourth-order valence-corrected chi connectivity index (χ4v) is 3.14. The van der Waals surface area contributed by atoms with Crippen molar-refractivity contribution in [2.24, 2.45) is 0 Å². The molecule has 1 aromatic rings. The molecule has 0 aliphatic carbocycles. The summed E-state index contributed by atoms with van der Waals surface area (Å²) in [6.07, 6.45) is 0. The molecule has 0 saturated carbocycles. The fourth-order valence-electron chi connectivity index (χ4n) is 1.98. The van der Waals surface area contributed by atoms with E-state index in [0.717, 1.165) is 0 Å². The maximum absolute atomic E-state index is 12.9. The molecule has 1 heterocycles. The van der Waals surface area contributed by atoms with Gasteiger partial charge in [0.2, 0.25) is 5.91 Å². The van der Waals surface area contributed by atoms with E-state index in [9.17, 15) is 14.0 Å². The molecule has 2 N–H and O–H groups in total. The number of anilines is 1. The highest BCUT2D eigenvalue weighted by molar-refractivity contribution is 7.99. The summed E-state index contributed by atoms with van der Waals surface area (Å²) in [7, 11) is 1.56. The maximum Gasteiger partial charge on any atom is 0.323 e. The third-order valence-electron chi connectivity index (χ3n) is 3.15. The second-order valence-corrected chi connectivity index (χ2v) is 5.71. The minimum absolute atomic E-state index is 0.198. The van der Waals surface area contributed by atoms with Gasteiger partial charge in [-0.2, -0.15) is 0 Å². The van der Waals surface area contributed by atoms with Crippen molar-refractivity contribution >= 4 is 29.4 Å². The van der Waals surface area contributed by atoms with Crippen molar-refractivity contribution in [3.63, 3.8) is 0 Å². The molecule has 1 saturated heterocycles. The maximum atomic E-state index is 12.9. The largest absolute Gasteiger partial charge is 0.383 e. The van der Waals surface area contributed by atoms with Crippen molar-refractivity contribution in [3.8, 4) is 0 Å². The van der Waals surface area contributed by atoms with E-state index in [1.54, 1.807) is 7.11 Å². The lowest BCUT2D eigenvalue weighted by atomic mass is 10.2. The van der Waals surface area contributed by atoms with E-state index in [4.69, 9.17) is 4.74 Å². The molecule has 0 aromatic heterocycles. The zero-order chi connectivity index (χ0) is 15.9.